The van der Waals surface area contributed by atoms with Crippen LogP contribution < -0.4 is 4.74 Å². The van der Waals surface area contributed by atoms with Gasteiger partial charge in [-0.15, -0.1) is 0 Å². The van der Waals surface area contributed by atoms with Crippen LogP contribution in [-0.2, 0) is 9.53 Å². The molecular formula is C15H23N3O3. The van der Waals surface area contributed by atoms with Crippen LogP contribution in [0.2, 0.25) is 0 Å². The Morgan fingerprint density at radius 3 is 2.62 bits per heavy atom. The summed E-state index contributed by atoms with van der Waals surface area (Å²) in [6.45, 7) is 4.60. The number of nitrogens with zero attached hydrogens (tertiary/aromatic N) is 3. The zero-order valence-corrected chi connectivity index (χ0v) is 12.9. The Hall–Kier alpha value is -1.66. The number of piperazine rings is 1. The van der Waals surface area contributed by atoms with Crippen LogP contribution in [0.25, 0.3) is 0 Å². The second-order valence-electron chi connectivity index (χ2n) is 5.34. The Labute approximate surface area is 125 Å². The van der Waals surface area contributed by atoms with Crippen molar-refractivity contribution >= 4 is 5.97 Å². The minimum atomic E-state index is -0.332. The minimum Gasteiger partial charge on any atom is -0.495 e. The first kappa shape index (κ1) is 15.7. The number of carbonyl (C=O) groups excluding carboxylic acids is 1. The monoisotopic (exact) mass is 293 g/mol. The van der Waals surface area contributed by atoms with E-state index in [-0.39, 0.29) is 11.9 Å². The zero-order chi connectivity index (χ0) is 15.2. The molecule has 0 spiro atoms. The highest BCUT2D eigenvalue weighted by Crippen LogP contribution is 2.22. The van der Waals surface area contributed by atoms with Crippen LogP contribution in [0.4, 0.5) is 0 Å². The molecule has 2 rings (SSSR count). The summed E-state index contributed by atoms with van der Waals surface area (Å²) in [4.78, 5) is 20.8. The summed E-state index contributed by atoms with van der Waals surface area (Å²) >= 11 is 0. The van der Waals surface area contributed by atoms with Gasteiger partial charge in [0.1, 0.15) is 5.75 Å². The van der Waals surface area contributed by atoms with Crippen molar-refractivity contribution in [1.82, 2.24) is 14.8 Å². The van der Waals surface area contributed by atoms with Crippen molar-refractivity contribution < 1.29 is 14.3 Å². The molecule has 1 saturated heterocycles. The van der Waals surface area contributed by atoms with Gasteiger partial charge in [0.15, 0.2) is 0 Å². The smallest absolute Gasteiger partial charge is 0.314 e. The van der Waals surface area contributed by atoms with E-state index in [0.717, 1.165) is 31.7 Å². The number of pyridine rings is 1. The lowest BCUT2D eigenvalue weighted by Gasteiger charge is -2.34. The first-order valence-corrected chi connectivity index (χ1v) is 7.11. The summed E-state index contributed by atoms with van der Waals surface area (Å²) in [5.41, 5.74) is 0.833. The van der Waals surface area contributed by atoms with Gasteiger partial charge in [-0.3, -0.25) is 14.7 Å². The molecule has 116 valence electrons. The average Bonchev–Trinajstić information content (AvgIpc) is 2.53. The van der Waals surface area contributed by atoms with Crippen LogP contribution in [0.3, 0.4) is 0 Å². The number of carbonyl (C=O) groups is 1. The molecule has 1 fully saturated rings. The van der Waals surface area contributed by atoms with Crippen LogP contribution in [0.1, 0.15) is 11.5 Å². The lowest BCUT2D eigenvalue weighted by molar-refractivity contribution is -0.143. The molecule has 0 amide bonds. The van der Waals surface area contributed by atoms with Crippen molar-refractivity contribution in [3.63, 3.8) is 0 Å². The fourth-order valence-corrected chi connectivity index (χ4v) is 2.48. The maximum absolute atomic E-state index is 12.1. The van der Waals surface area contributed by atoms with E-state index >= 15 is 0 Å². The summed E-state index contributed by atoms with van der Waals surface area (Å²) in [6, 6.07) is 1.85. The number of esters is 1. The summed E-state index contributed by atoms with van der Waals surface area (Å²) in [7, 11) is 5.13. The molecule has 0 N–H and O–H groups in total. The molecule has 1 atom stereocenters. The summed E-state index contributed by atoms with van der Waals surface area (Å²) in [6.07, 6.45) is 3.34. The van der Waals surface area contributed by atoms with Crippen molar-refractivity contribution in [2.75, 3.05) is 54.0 Å². The number of ether oxygens (including phenoxy) is 2. The van der Waals surface area contributed by atoms with Gasteiger partial charge < -0.3 is 14.4 Å². The van der Waals surface area contributed by atoms with E-state index in [4.69, 9.17) is 9.47 Å². The van der Waals surface area contributed by atoms with Gasteiger partial charge in [-0.05, 0) is 18.7 Å². The summed E-state index contributed by atoms with van der Waals surface area (Å²) in [5, 5.41) is 0. The maximum Gasteiger partial charge on any atom is 0.314 e. The number of aromatic nitrogens is 1. The third kappa shape index (κ3) is 4.15. The van der Waals surface area contributed by atoms with Gasteiger partial charge in [0, 0.05) is 38.9 Å². The van der Waals surface area contributed by atoms with E-state index in [9.17, 15) is 4.79 Å². The molecule has 0 radical (unpaired) electrons. The highest BCUT2D eigenvalue weighted by molar-refractivity contribution is 5.78. The molecule has 1 aliphatic rings. The van der Waals surface area contributed by atoms with Gasteiger partial charge >= 0.3 is 5.97 Å². The quantitative estimate of drug-likeness (QED) is 0.741. The van der Waals surface area contributed by atoms with Crippen LogP contribution >= 0.6 is 0 Å². The Bertz CT molecular complexity index is 473. The Kier molecular flexibility index (Phi) is 5.52. The number of likely N-dealkylation sites (N-methyl/N-ethyl adjacent to an activating group) is 1. The lowest BCUT2D eigenvalue weighted by atomic mass is 10.00. The molecule has 0 aromatic carbocycles. The largest absolute Gasteiger partial charge is 0.495 e. The van der Waals surface area contributed by atoms with Gasteiger partial charge in [-0.2, -0.15) is 0 Å². The summed E-state index contributed by atoms with van der Waals surface area (Å²) in [5.74, 6) is 0.0877. The SMILES string of the molecule is COC(=O)C(CN1CCN(C)CC1)c1cncc(OC)c1. The number of hydrogen-bond donors (Lipinski definition) is 0. The molecule has 6 heteroatoms. The van der Waals surface area contributed by atoms with Crippen molar-refractivity contribution in [1.29, 1.82) is 0 Å². The molecule has 0 aliphatic carbocycles. The Morgan fingerprint density at radius 2 is 2.00 bits per heavy atom. The van der Waals surface area contributed by atoms with Gasteiger partial charge in [0.2, 0.25) is 0 Å². The lowest BCUT2D eigenvalue weighted by Crippen LogP contribution is -2.46. The topological polar surface area (TPSA) is 54.9 Å². The van der Waals surface area contributed by atoms with Gasteiger partial charge in [0.05, 0.1) is 26.3 Å². The van der Waals surface area contributed by atoms with Crippen LogP contribution in [0, 0.1) is 0 Å². The first-order valence-electron chi connectivity index (χ1n) is 7.11. The Balaban J connectivity index is 2.12. The molecule has 0 saturated carbocycles. The molecule has 1 aromatic heterocycles. The van der Waals surface area contributed by atoms with Crippen LogP contribution in [0.15, 0.2) is 18.5 Å². The van der Waals surface area contributed by atoms with Crippen molar-refractivity contribution in [3.05, 3.63) is 24.0 Å². The number of rotatable bonds is 5. The van der Waals surface area contributed by atoms with Crippen molar-refractivity contribution in [2.24, 2.45) is 0 Å². The van der Waals surface area contributed by atoms with Gasteiger partial charge in [0.25, 0.3) is 0 Å². The molecule has 1 aliphatic heterocycles. The number of methoxy groups -OCH3 is 2. The van der Waals surface area contributed by atoms with E-state index in [1.807, 2.05) is 6.07 Å². The molecule has 6 nitrogen and oxygen atoms in total. The fraction of sp³-hybridized carbons (Fsp3) is 0.600. The predicted molar refractivity (Wildman–Crippen MR) is 79.5 cm³/mol. The van der Waals surface area contributed by atoms with E-state index in [2.05, 4.69) is 21.8 Å². The van der Waals surface area contributed by atoms with Crippen LogP contribution in [0.5, 0.6) is 5.75 Å². The molecule has 1 aromatic rings. The normalized spacial score (nSPS) is 18.2. The third-order valence-electron chi connectivity index (χ3n) is 3.89. The molecule has 21 heavy (non-hydrogen) atoms. The number of hydrogen-bond acceptors (Lipinski definition) is 6. The minimum absolute atomic E-state index is 0.232. The average molecular weight is 293 g/mol. The zero-order valence-electron chi connectivity index (χ0n) is 12.9. The summed E-state index contributed by atoms with van der Waals surface area (Å²) < 4.78 is 10.1. The second kappa shape index (κ2) is 7.38. The van der Waals surface area contributed by atoms with Gasteiger partial charge in [-0.25, -0.2) is 0 Å². The third-order valence-corrected chi connectivity index (χ3v) is 3.89. The van der Waals surface area contributed by atoms with E-state index in [1.54, 1.807) is 19.5 Å². The highest BCUT2D eigenvalue weighted by Gasteiger charge is 2.26. The van der Waals surface area contributed by atoms with Crippen molar-refractivity contribution in [3.8, 4) is 5.75 Å². The second-order valence-corrected chi connectivity index (χ2v) is 5.34. The standard InChI is InChI=1S/C15H23N3O3/c1-17-4-6-18(7-5-17)11-14(15(19)21-3)12-8-13(20-2)10-16-9-12/h8-10,14H,4-7,11H2,1-3H3. The molecule has 2 heterocycles. The molecule has 0 bridgehead atoms. The molecular weight excluding hydrogens is 270 g/mol. The maximum atomic E-state index is 12.1. The fourth-order valence-electron chi connectivity index (χ4n) is 2.48. The highest BCUT2D eigenvalue weighted by atomic mass is 16.5. The van der Waals surface area contributed by atoms with E-state index in [1.165, 1.54) is 7.11 Å². The van der Waals surface area contributed by atoms with E-state index in [0.29, 0.717) is 12.3 Å². The van der Waals surface area contributed by atoms with Crippen molar-refractivity contribution in [2.45, 2.75) is 5.92 Å². The molecule has 1 unspecified atom stereocenters. The first-order chi connectivity index (χ1) is 10.1. The van der Waals surface area contributed by atoms with Crippen LogP contribution in [-0.4, -0.2) is 74.7 Å². The predicted octanol–water partition coefficient (Wildman–Crippen LogP) is 0.594. The Morgan fingerprint density at radius 1 is 1.29 bits per heavy atom. The van der Waals surface area contributed by atoms with E-state index < -0.39 is 0 Å². The van der Waals surface area contributed by atoms with Gasteiger partial charge in [-0.1, -0.05) is 0 Å².